The third kappa shape index (κ3) is 6.32. The Labute approximate surface area is 121 Å². The van der Waals surface area contributed by atoms with E-state index in [1.54, 1.807) is 13.8 Å². The summed E-state index contributed by atoms with van der Waals surface area (Å²) < 4.78 is 0. The molecule has 1 aromatic rings. The van der Waals surface area contributed by atoms with Crippen LogP contribution in [0, 0.1) is 5.92 Å². The van der Waals surface area contributed by atoms with Gasteiger partial charge in [-0.3, -0.25) is 20.0 Å². The van der Waals surface area contributed by atoms with Crippen LogP contribution in [-0.4, -0.2) is 40.9 Å². The van der Waals surface area contributed by atoms with Crippen LogP contribution >= 0.6 is 0 Å². The summed E-state index contributed by atoms with van der Waals surface area (Å²) in [6, 6.07) is -0.592. The molecule has 9 nitrogen and oxygen atoms in total. The molecule has 9 heteroatoms. The number of hydrogen-bond donors (Lipinski definition) is 4. The molecule has 0 spiro atoms. The first-order chi connectivity index (χ1) is 10.0. The van der Waals surface area contributed by atoms with Gasteiger partial charge in [-0.2, -0.15) is 0 Å². The molecule has 0 fully saturated rings. The van der Waals surface area contributed by atoms with E-state index in [4.69, 9.17) is 0 Å². The Balaban J connectivity index is 2.17. The van der Waals surface area contributed by atoms with Gasteiger partial charge in [0.25, 0.3) is 5.91 Å². The van der Waals surface area contributed by atoms with Crippen molar-refractivity contribution >= 4 is 17.8 Å². The summed E-state index contributed by atoms with van der Waals surface area (Å²) in [7, 11) is 0. The van der Waals surface area contributed by atoms with Crippen LogP contribution in [-0.2, 0) is 4.79 Å². The van der Waals surface area contributed by atoms with Gasteiger partial charge in [0.1, 0.15) is 5.69 Å². The maximum Gasteiger partial charge on any atom is 0.333 e. The molecule has 1 rings (SSSR count). The van der Waals surface area contributed by atoms with Crippen molar-refractivity contribution in [2.75, 3.05) is 13.1 Å². The molecule has 0 aliphatic carbocycles. The Bertz CT molecular complexity index is 491. The lowest BCUT2D eigenvalue weighted by Crippen LogP contribution is -2.48. The number of hydrazine groups is 1. The van der Waals surface area contributed by atoms with E-state index in [1.807, 2.05) is 0 Å². The summed E-state index contributed by atoms with van der Waals surface area (Å²) in [5.41, 5.74) is 4.42. The lowest BCUT2D eigenvalue weighted by Gasteiger charge is -2.10. The minimum atomic E-state index is -0.592. The number of carbonyl (C=O) groups is 3. The second-order valence-electron chi connectivity index (χ2n) is 4.37. The standard InChI is InChI=1S/C12H18N6O3/c1-8(2)10(19)15-5-6-16-12(21)18-17-11(20)9-7-13-3-4-14-9/h3-4,7-8H,5-6H2,1-2H3,(H,15,19)(H,17,20)(H2,16,18,21). The molecule has 0 bridgehead atoms. The fourth-order valence-electron chi connectivity index (χ4n) is 1.20. The molecular formula is C12H18N6O3. The van der Waals surface area contributed by atoms with E-state index >= 15 is 0 Å². The molecule has 0 saturated heterocycles. The fraction of sp³-hybridized carbons (Fsp3) is 0.417. The van der Waals surface area contributed by atoms with Crippen molar-refractivity contribution in [3.63, 3.8) is 0 Å². The van der Waals surface area contributed by atoms with Crippen molar-refractivity contribution in [3.05, 3.63) is 24.3 Å². The zero-order chi connectivity index (χ0) is 15.7. The number of urea groups is 1. The van der Waals surface area contributed by atoms with E-state index in [1.165, 1.54) is 18.6 Å². The van der Waals surface area contributed by atoms with Gasteiger partial charge < -0.3 is 10.6 Å². The molecule has 0 unspecified atom stereocenters. The van der Waals surface area contributed by atoms with Gasteiger partial charge in [-0.1, -0.05) is 13.8 Å². The zero-order valence-electron chi connectivity index (χ0n) is 11.8. The molecule has 0 atom stereocenters. The average molecular weight is 294 g/mol. The van der Waals surface area contributed by atoms with Crippen molar-refractivity contribution in [1.82, 2.24) is 31.5 Å². The van der Waals surface area contributed by atoms with E-state index in [9.17, 15) is 14.4 Å². The van der Waals surface area contributed by atoms with E-state index in [-0.39, 0.29) is 24.1 Å². The molecule has 4 amide bonds. The van der Waals surface area contributed by atoms with E-state index in [2.05, 4.69) is 31.5 Å². The summed E-state index contributed by atoms with van der Waals surface area (Å²) in [4.78, 5) is 41.7. The van der Waals surface area contributed by atoms with Crippen molar-refractivity contribution in [1.29, 1.82) is 0 Å². The number of aromatic nitrogens is 2. The van der Waals surface area contributed by atoms with Crippen LogP contribution in [0.2, 0.25) is 0 Å². The van der Waals surface area contributed by atoms with Crippen LogP contribution in [0.5, 0.6) is 0 Å². The van der Waals surface area contributed by atoms with E-state index in [0.717, 1.165) is 0 Å². The van der Waals surface area contributed by atoms with Gasteiger partial charge >= 0.3 is 6.03 Å². The van der Waals surface area contributed by atoms with Gasteiger partial charge in [0.05, 0.1) is 6.20 Å². The molecule has 0 aliphatic heterocycles. The Hall–Kier alpha value is -2.71. The second kappa shape index (κ2) is 8.46. The first kappa shape index (κ1) is 16.3. The predicted molar refractivity (Wildman–Crippen MR) is 73.9 cm³/mol. The van der Waals surface area contributed by atoms with Crippen LogP contribution in [0.15, 0.2) is 18.6 Å². The Morgan fingerprint density at radius 2 is 1.81 bits per heavy atom. The van der Waals surface area contributed by atoms with Gasteiger partial charge in [-0.25, -0.2) is 15.2 Å². The van der Waals surface area contributed by atoms with Gasteiger partial charge in [-0.15, -0.1) is 0 Å². The van der Waals surface area contributed by atoms with Gasteiger partial charge in [0.15, 0.2) is 0 Å². The highest BCUT2D eigenvalue weighted by Gasteiger charge is 2.08. The molecule has 0 aliphatic rings. The highest BCUT2D eigenvalue weighted by atomic mass is 16.2. The molecular weight excluding hydrogens is 276 g/mol. The third-order valence-electron chi connectivity index (χ3n) is 2.32. The largest absolute Gasteiger partial charge is 0.354 e. The van der Waals surface area contributed by atoms with E-state index < -0.39 is 11.9 Å². The van der Waals surface area contributed by atoms with Crippen LogP contribution in [0.4, 0.5) is 4.79 Å². The number of rotatable bonds is 5. The van der Waals surface area contributed by atoms with Crippen molar-refractivity contribution in [2.24, 2.45) is 5.92 Å². The van der Waals surface area contributed by atoms with E-state index in [0.29, 0.717) is 6.54 Å². The lowest BCUT2D eigenvalue weighted by molar-refractivity contribution is -0.123. The van der Waals surface area contributed by atoms with Gasteiger partial charge in [-0.05, 0) is 0 Å². The molecule has 0 radical (unpaired) electrons. The number of amides is 4. The molecule has 0 aromatic carbocycles. The van der Waals surface area contributed by atoms with Crippen LogP contribution in [0.1, 0.15) is 24.3 Å². The molecule has 1 heterocycles. The molecule has 114 valence electrons. The summed E-state index contributed by atoms with van der Waals surface area (Å²) in [6.45, 7) is 4.10. The van der Waals surface area contributed by atoms with Crippen molar-refractivity contribution in [2.45, 2.75) is 13.8 Å². The SMILES string of the molecule is CC(C)C(=O)NCCNC(=O)NNC(=O)c1cnccn1. The normalized spacial score (nSPS) is 9.86. The van der Waals surface area contributed by atoms with Crippen LogP contribution in [0.25, 0.3) is 0 Å². The second-order valence-corrected chi connectivity index (χ2v) is 4.37. The van der Waals surface area contributed by atoms with Gasteiger partial charge in [0.2, 0.25) is 5.91 Å². The minimum absolute atomic E-state index is 0.0852. The zero-order valence-corrected chi connectivity index (χ0v) is 11.8. The Morgan fingerprint density at radius 3 is 2.43 bits per heavy atom. The topological polar surface area (TPSA) is 125 Å². The maximum absolute atomic E-state index is 11.5. The predicted octanol–water partition coefficient (Wildman–Crippen LogP) is -0.807. The smallest absolute Gasteiger partial charge is 0.333 e. The molecule has 21 heavy (non-hydrogen) atoms. The fourth-order valence-corrected chi connectivity index (χ4v) is 1.20. The Kier molecular flexibility index (Phi) is 6.58. The van der Waals surface area contributed by atoms with Gasteiger partial charge in [0, 0.05) is 31.4 Å². The summed E-state index contributed by atoms with van der Waals surface area (Å²) in [5.74, 6) is -0.773. The third-order valence-corrected chi connectivity index (χ3v) is 2.32. The molecule has 0 saturated carbocycles. The summed E-state index contributed by atoms with van der Waals surface area (Å²) in [5, 5.41) is 5.11. The summed E-state index contributed by atoms with van der Waals surface area (Å²) in [6.07, 6.45) is 4.07. The average Bonchev–Trinajstić information content (AvgIpc) is 2.49. The quantitative estimate of drug-likeness (QED) is 0.417. The van der Waals surface area contributed by atoms with Crippen LogP contribution < -0.4 is 21.5 Å². The maximum atomic E-state index is 11.5. The highest BCUT2D eigenvalue weighted by molar-refractivity contribution is 5.93. The minimum Gasteiger partial charge on any atom is -0.354 e. The number of nitrogens with zero attached hydrogens (tertiary/aromatic N) is 2. The Morgan fingerprint density at radius 1 is 1.10 bits per heavy atom. The first-order valence-electron chi connectivity index (χ1n) is 6.38. The lowest BCUT2D eigenvalue weighted by atomic mass is 10.2. The number of nitrogens with one attached hydrogen (secondary N) is 4. The summed E-state index contributed by atoms with van der Waals surface area (Å²) >= 11 is 0. The van der Waals surface area contributed by atoms with Crippen molar-refractivity contribution in [3.8, 4) is 0 Å². The number of carbonyl (C=O) groups excluding carboxylic acids is 3. The van der Waals surface area contributed by atoms with Crippen LogP contribution in [0.3, 0.4) is 0 Å². The monoisotopic (exact) mass is 294 g/mol. The number of hydrogen-bond acceptors (Lipinski definition) is 5. The highest BCUT2D eigenvalue weighted by Crippen LogP contribution is 1.89. The first-order valence-corrected chi connectivity index (χ1v) is 6.38. The van der Waals surface area contributed by atoms with Crippen molar-refractivity contribution < 1.29 is 14.4 Å². The molecule has 4 N–H and O–H groups in total. The molecule has 1 aromatic heterocycles.